The normalized spacial score (nSPS) is 32.9. The van der Waals surface area contributed by atoms with Crippen LogP contribution in [-0.2, 0) is 4.79 Å². The van der Waals surface area contributed by atoms with Gasteiger partial charge in [-0.3, -0.25) is 4.79 Å². The molecule has 0 aromatic rings. The van der Waals surface area contributed by atoms with Gasteiger partial charge >= 0.3 is 0 Å². The van der Waals surface area contributed by atoms with E-state index in [1.54, 1.807) is 0 Å². The van der Waals surface area contributed by atoms with Crippen LogP contribution in [0.25, 0.3) is 0 Å². The first-order valence-electron chi connectivity index (χ1n) is 6.72. The lowest BCUT2D eigenvalue weighted by Crippen LogP contribution is -2.45. The molecule has 0 radical (unpaired) electrons. The molecule has 3 heteroatoms. The van der Waals surface area contributed by atoms with Crippen molar-refractivity contribution >= 4 is 5.91 Å². The van der Waals surface area contributed by atoms with Crippen LogP contribution in [-0.4, -0.2) is 18.0 Å². The Balaban J connectivity index is 1.77. The molecule has 16 heavy (non-hydrogen) atoms. The highest BCUT2D eigenvalue weighted by Gasteiger charge is 2.29. The maximum absolute atomic E-state index is 12.0. The second-order valence-corrected chi connectivity index (χ2v) is 5.61. The quantitative estimate of drug-likeness (QED) is 0.768. The van der Waals surface area contributed by atoms with Gasteiger partial charge in [0.1, 0.15) is 0 Å². The van der Waals surface area contributed by atoms with E-state index in [9.17, 15) is 4.79 Å². The first-order chi connectivity index (χ1) is 7.66. The minimum atomic E-state index is 0.172. The van der Waals surface area contributed by atoms with E-state index < -0.39 is 0 Å². The Morgan fingerprint density at radius 2 is 1.94 bits per heavy atom. The van der Waals surface area contributed by atoms with Gasteiger partial charge in [-0.2, -0.15) is 0 Å². The minimum Gasteiger partial charge on any atom is -0.353 e. The van der Waals surface area contributed by atoms with Crippen molar-refractivity contribution in [3.8, 4) is 0 Å². The van der Waals surface area contributed by atoms with Crippen molar-refractivity contribution in [3.05, 3.63) is 0 Å². The van der Waals surface area contributed by atoms with Crippen LogP contribution in [0, 0.1) is 11.8 Å². The number of amides is 1. The summed E-state index contributed by atoms with van der Waals surface area (Å²) in [6.07, 6.45) is 8.00. The van der Waals surface area contributed by atoms with Gasteiger partial charge in [0.15, 0.2) is 0 Å². The molecule has 3 N–H and O–H groups in total. The van der Waals surface area contributed by atoms with Gasteiger partial charge in [0.05, 0.1) is 0 Å². The molecule has 0 aromatic carbocycles. The predicted octanol–water partition coefficient (Wildman–Crippen LogP) is 1.81. The molecule has 0 aromatic heterocycles. The van der Waals surface area contributed by atoms with Crippen molar-refractivity contribution < 1.29 is 4.79 Å². The zero-order valence-corrected chi connectivity index (χ0v) is 10.2. The molecule has 0 heterocycles. The fourth-order valence-corrected chi connectivity index (χ4v) is 2.87. The zero-order valence-electron chi connectivity index (χ0n) is 10.2. The molecule has 1 amide bonds. The third kappa shape index (κ3) is 2.76. The number of nitrogens with one attached hydrogen (secondary N) is 1. The summed E-state index contributed by atoms with van der Waals surface area (Å²) in [6.45, 7) is 2.14. The molecule has 92 valence electrons. The van der Waals surface area contributed by atoms with Gasteiger partial charge < -0.3 is 11.1 Å². The van der Waals surface area contributed by atoms with Crippen LogP contribution in [0.5, 0.6) is 0 Å². The Hall–Kier alpha value is -0.570. The molecule has 3 nitrogen and oxygen atoms in total. The standard InChI is InChI=1S/C13H24N2O/c1-9(10-4-2-5-10)15-13(16)11-6-3-7-12(14)8-11/h9-12H,2-8,14H2,1H3,(H,15,16). The van der Waals surface area contributed by atoms with Gasteiger partial charge in [0, 0.05) is 18.0 Å². The van der Waals surface area contributed by atoms with Crippen molar-refractivity contribution in [2.45, 2.75) is 64.0 Å². The smallest absolute Gasteiger partial charge is 0.223 e. The fraction of sp³-hybridized carbons (Fsp3) is 0.923. The Morgan fingerprint density at radius 1 is 1.25 bits per heavy atom. The van der Waals surface area contributed by atoms with E-state index in [0.717, 1.165) is 31.6 Å². The third-order valence-electron chi connectivity index (χ3n) is 4.31. The number of hydrogen-bond donors (Lipinski definition) is 2. The first-order valence-corrected chi connectivity index (χ1v) is 6.72. The summed E-state index contributed by atoms with van der Waals surface area (Å²) in [5.41, 5.74) is 5.91. The fourth-order valence-electron chi connectivity index (χ4n) is 2.87. The molecule has 2 aliphatic rings. The molecule has 0 aliphatic heterocycles. The topological polar surface area (TPSA) is 55.1 Å². The van der Waals surface area contributed by atoms with Crippen LogP contribution >= 0.6 is 0 Å². The molecule has 0 saturated heterocycles. The summed E-state index contributed by atoms with van der Waals surface area (Å²) < 4.78 is 0. The monoisotopic (exact) mass is 224 g/mol. The lowest BCUT2D eigenvalue weighted by molar-refractivity contribution is -0.127. The minimum absolute atomic E-state index is 0.172. The van der Waals surface area contributed by atoms with Crippen molar-refractivity contribution in [2.75, 3.05) is 0 Å². The van der Waals surface area contributed by atoms with Crippen LogP contribution < -0.4 is 11.1 Å². The Labute approximate surface area is 98.2 Å². The van der Waals surface area contributed by atoms with Crippen molar-refractivity contribution in [1.29, 1.82) is 0 Å². The maximum Gasteiger partial charge on any atom is 0.223 e. The van der Waals surface area contributed by atoms with E-state index in [2.05, 4.69) is 12.2 Å². The predicted molar refractivity (Wildman–Crippen MR) is 64.9 cm³/mol. The van der Waals surface area contributed by atoms with E-state index in [4.69, 9.17) is 5.73 Å². The van der Waals surface area contributed by atoms with E-state index in [1.807, 2.05) is 0 Å². The second kappa shape index (κ2) is 5.17. The molecule has 3 unspecified atom stereocenters. The molecule has 2 rings (SSSR count). The van der Waals surface area contributed by atoms with E-state index in [0.29, 0.717) is 6.04 Å². The number of carbonyl (C=O) groups is 1. The Kier molecular flexibility index (Phi) is 3.85. The van der Waals surface area contributed by atoms with E-state index >= 15 is 0 Å². The Bertz CT molecular complexity index is 250. The van der Waals surface area contributed by atoms with Gasteiger partial charge in [-0.1, -0.05) is 12.8 Å². The molecule has 0 bridgehead atoms. The van der Waals surface area contributed by atoms with Gasteiger partial charge in [0.25, 0.3) is 0 Å². The highest BCUT2D eigenvalue weighted by atomic mass is 16.1. The van der Waals surface area contributed by atoms with Gasteiger partial charge in [-0.15, -0.1) is 0 Å². The SMILES string of the molecule is CC(NC(=O)C1CCCC(N)C1)C1CCC1. The average Bonchev–Trinajstić information content (AvgIpc) is 2.14. The zero-order chi connectivity index (χ0) is 11.5. The number of carbonyl (C=O) groups excluding carboxylic acids is 1. The largest absolute Gasteiger partial charge is 0.353 e. The van der Waals surface area contributed by atoms with Gasteiger partial charge in [-0.25, -0.2) is 0 Å². The summed E-state index contributed by atoms with van der Waals surface area (Å²) in [5.74, 6) is 1.14. The summed E-state index contributed by atoms with van der Waals surface area (Å²) in [5, 5.41) is 3.18. The number of nitrogens with two attached hydrogens (primary N) is 1. The summed E-state index contributed by atoms with van der Waals surface area (Å²) >= 11 is 0. The average molecular weight is 224 g/mol. The van der Waals surface area contributed by atoms with Crippen molar-refractivity contribution in [2.24, 2.45) is 17.6 Å². The lowest BCUT2D eigenvalue weighted by atomic mass is 9.79. The first kappa shape index (κ1) is 11.9. The Morgan fingerprint density at radius 3 is 2.50 bits per heavy atom. The van der Waals surface area contributed by atoms with Gasteiger partial charge in [-0.05, 0) is 44.9 Å². The molecule has 0 spiro atoms. The third-order valence-corrected chi connectivity index (χ3v) is 4.31. The molecular weight excluding hydrogens is 200 g/mol. The highest BCUT2D eigenvalue weighted by molar-refractivity contribution is 5.79. The molecule has 2 aliphatic carbocycles. The van der Waals surface area contributed by atoms with Crippen molar-refractivity contribution in [3.63, 3.8) is 0 Å². The maximum atomic E-state index is 12.0. The molecule has 3 atom stereocenters. The van der Waals surface area contributed by atoms with Gasteiger partial charge in [0.2, 0.25) is 5.91 Å². The van der Waals surface area contributed by atoms with Crippen LogP contribution in [0.2, 0.25) is 0 Å². The van der Waals surface area contributed by atoms with Crippen LogP contribution in [0.15, 0.2) is 0 Å². The molecule has 2 fully saturated rings. The van der Waals surface area contributed by atoms with E-state index in [1.165, 1.54) is 19.3 Å². The summed E-state index contributed by atoms with van der Waals surface area (Å²) in [7, 11) is 0. The van der Waals surface area contributed by atoms with Crippen LogP contribution in [0.4, 0.5) is 0 Å². The second-order valence-electron chi connectivity index (χ2n) is 5.61. The van der Waals surface area contributed by atoms with E-state index in [-0.39, 0.29) is 17.9 Å². The molecular formula is C13H24N2O. The number of rotatable bonds is 3. The number of hydrogen-bond acceptors (Lipinski definition) is 2. The van der Waals surface area contributed by atoms with Crippen LogP contribution in [0.1, 0.15) is 51.9 Å². The lowest BCUT2D eigenvalue weighted by Gasteiger charge is -2.34. The van der Waals surface area contributed by atoms with Crippen LogP contribution in [0.3, 0.4) is 0 Å². The van der Waals surface area contributed by atoms with Crippen molar-refractivity contribution in [1.82, 2.24) is 5.32 Å². The summed E-state index contributed by atoms with van der Waals surface area (Å²) in [6, 6.07) is 0.600. The molecule has 2 saturated carbocycles. The highest BCUT2D eigenvalue weighted by Crippen LogP contribution is 2.30. The summed E-state index contributed by atoms with van der Waals surface area (Å²) in [4.78, 5) is 12.0.